The predicted octanol–water partition coefficient (Wildman–Crippen LogP) is 2.44. The maximum Gasteiger partial charge on any atom is 0.258 e. The van der Waals surface area contributed by atoms with Crippen molar-refractivity contribution in [2.24, 2.45) is 0 Å². The number of nitrogens with one attached hydrogen (secondary N) is 3. The van der Waals surface area contributed by atoms with Gasteiger partial charge in [0.15, 0.2) is 0 Å². The second-order valence-corrected chi connectivity index (χ2v) is 4.40. The van der Waals surface area contributed by atoms with Crippen LogP contribution in [0.25, 0.3) is 0 Å². The van der Waals surface area contributed by atoms with Crippen molar-refractivity contribution >= 4 is 17.7 Å². The molecule has 106 valence electrons. The number of carbonyl (C=O) groups excluding carboxylic acids is 1. The number of pyridine rings is 1. The van der Waals surface area contributed by atoms with E-state index >= 15 is 0 Å². The number of aromatic amines is 1. The minimum atomic E-state index is -0.198. The smallest absolute Gasteiger partial charge is 0.258 e. The average Bonchev–Trinajstić information content (AvgIpc) is 2.97. The summed E-state index contributed by atoms with van der Waals surface area (Å²) < 4.78 is 0. The molecule has 2 aromatic heterocycles. The van der Waals surface area contributed by atoms with Gasteiger partial charge < -0.3 is 10.3 Å². The van der Waals surface area contributed by atoms with E-state index in [1.54, 1.807) is 24.5 Å². The number of rotatable bonds is 6. The molecule has 0 bridgehead atoms. The molecule has 6 heteroatoms. The summed E-state index contributed by atoms with van der Waals surface area (Å²) in [7, 11) is 0. The molecule has 0 atom stereocenters. The molecule has 0 aliphatic heterocycles. The van der Waals surface area contributed by atoms with Crippen molar-refractivity contribution in [1.82, 2.24) is 15.0 Å². The molecule has 0 radical (unpaired) electrons. The van der Waals surface area contributed by atoms with Crippen LogP contribution in [-0.2, 0) is 6.42 Å². The summed E-state index contributed by atoms with van der Waals surface area (Å²) in [5.41, 5.74) is 1.46. The van der Waals surface area contributed by atoms with E-state index in [1.807, 2.05) is 6.92 Å². The largest absolute Gasteiger partial charge is 0.370 e. The van der Waals surface area contributed by atoms with Gasteiger partial charge >= 0.3 is 0 Å². The van der Waals surface area contributed by atoms with Crippen molar-refractivity contribution in [3.8, 4) is 0 Å². The third kappa shape index (κ3) is 3.57. The Morgan fingerprint density at radius 2 is 2.20 bits per heavy atom. The van der Waals surface area contributed by atoms with E-state index in [4.69, 9.17) is 0 Å². The zero-order valence-corrected chi connectivity index (χ0v) is 11.7. The van der Waals surface area contributed by atoms with Gasteiger partial charge in [0.05, 0.1) is 0 Å². The standard InChI is InChI=1S/C14H19N5O/c1-3-5-15-12-9-10(8-11(4-2)18-12)13(20)19-14-16-6-7-17-14/h6-9H,3-5H2,1-2H3,(H,15,18)(H2,16,17,19,20). The Morgan fingerprint density at radius 1 is 1.35 bits per heavy atom. The highest BCUT2D eigenvalue weighted by Gasteiger charge is 2.10. The first-order chi connectivity index (χ1) is 9.72. The van der Waals surface area contributed by atoms with Gasteiger partial charge in [-0.15, -0.1) is 0 Å². The number of aromatic nitrogens is 3. The van der Waals surface area contributed by atoms with Crippen LogP contribution >= 0.6 is 0 Å². The Labute approximate surface area is 118 Å². The fourth-order valence-corrected chi connectivity index (χ4v) is 1.76. The molecule has 3 N–H and O–H groups in total. The van der Waals surface area contributed by atoms with Gasteiger partial charge in [-0.3, -0.25) is 10.1 Å². The normalized spacial score (nSPS) is 10.3. The van der Waals surface area contributed by atoms with E-state index in [9.17, 15) is 4.79 Å². The summed E-state index contributed by atoms with van der Waals surface area (Å²) in [6.45, 7) is 4.93. The fourth-order valence-electron chi connectivity index (χ4n) is 1.76. The van der Waals surface area contributed by atoms with Crippen molar-refractivity contribution in [3.05, 3.63) is 35.8 Å². The van der Waals surface area contributed by atoms with Crippen LogP contribution in [0.15, 0.2) is 24.5 Å². The van der Waals surface area contributed by atoms with Gasteiger partial charge in [0.1, 0.15) is 5.82 Å². The molecule has 1 amide bonds. The number of imidazole rings is 1. The Bertz CT molecular complexity index is 565. The summed E-state index contributed by atoms with van der Waals surface area (Å²) in [6.07, 6.45) is 5.04. The van der Waals surface area contributed by atoms with Crippen molar-refractivity contribution in [2.45, 2.75) is 26.7 Å². The monoisotopic (exact) mass is 273 g/mol. The highest BCUT2D eigenvalue weighted by Crippen LogP contribution is 2.13. The topological polar surface area (TPSA) is 82.7 Å². The Hall–Kier alpha value is -2.37. The second-order valence-electron chi connectivity index (χ2n) is 4.40. The SMILES string of the molecule is CCCNc1cc(C(=O)Nc2ncc[nH]2)cc(CC)n1. The van der Waals surface area contributed by atoms with E-state index in [0.29, 0.717) is 11.5 Å². The van der Waals surface area contributed by atoms with Crippen LogP contribution in [0, 0.1) is 0 Å². The molecular weight excluding hydrogens is 254 g/mol. The Morgan fingerprint density at radius 3 is 2.85 bits per heavy atom. The molecule has 0 aliphatic rings. The van der Waals surface area contributed by atoms with Crippen LogP contribution in [0.4, 0.5) is 11.8 Å². The van der Waals surface area contributed by atoms with E-state index in [0.717, 1.165) is 30.9 Å². The first kappa shape index (κ1) is 14.0. The van der Waals surface area contributed by atoms with Gasteiger partial charge in [-0.05, 0) is 25.0 Å². The quantitative estimate of drug-likeness (QED) is 0.755. The number of carbonyl (C=O) groups is 1. The molecule has 0 fully saturated rings. The summed E-state index contributed by atoms with van der Waals surface area (Å²) in [6, 6.07) is 3.56. The lowest BCUT2D eigenvalue weighted by Gasteiger charge is -2.09. The molecule has 0 unspecified atom stereocenters. The van der Waals surface area contributed by atoms with Crippen molar-refractivity contribution in [3.63, 3.8) is 0 Å². The lowest BCUT2D eigenvalue weighted by atomic mass is 10.2. The third-order valence-electron chi connectivity index (χ3n) is 2.79. The molecular formula is C14H19N5O. The number of hydrogen-bond donors (Lipinski definition) is 3. The third-order valence-corrected chi connectivity index (χ3v) is 2.79. The molecule has 6 nitrogen and oxygen atoms in total. The van der Waals surface area contributed by atoms with Gasteiger partial charge in [0.25, 0.3) is 5.91 Å². The van der Waals surface area contributed by atoms with Crippen LogP contribution in [0.1, 0.15) is 36.3 Å². The maximum absolute atomic E-state index is 12.2. The van der Waals surface area contributed by atoms with Gasteiger partial charge in [-0.2, -0.15) is 0 Å². The predicted molar refractivity (Wildman–Crippen MR) is 78.9 cm³/mol. The molecule has 0 aromatic carbocycles. The lowest BCUT2D eigenvalue weighted by Crippen LogP contribution is -2.15. The van der Waals surface area contributed by atoms with Crippen molar-refractivity contribution in [2.75, 3.05) is 17.2 Å². The molecule has 0 saturated heterocycles. The molecule has 2 aromatic rings. The van der Waals surface area contributed by atoms with Crippen LogP contribution in [0.5, 0.6) is 0 Å². The van der Waals surface area contributed by atoms with Gasteiger partial charge in [-0.25, -0.2) is 9.97 Å². The molecule has 0 spiro atoms. The van der Waals surface area contributed by atoms with Crippen LogP contribution in [0.3, 0.4) is 0 Å². The van der Waals surface area contributed by atoms with E-state index in [1.165, 1.54) is 0 Å². The molecule has 0 saturated carbocycles. The summed E-state index contributed by atoms with van der Waals surface area (Å²) in [5.74, 6) is 0.973. The summed E-state index contributed by atoms with van der Waals surface area (Å²) >= 11 is 0. The zero-order chi connectivity index (χ0) is 14.4. The number of hydrogen-bond acceptors (Lipinski definition) is 4. The van der Waals surface area contributed by atoms with E-state index in [2.05, 4.69) is 32.5 Å². The van der Waals surface area contributed by atoms with Crippen LogP contribution in [-0.4, -0.2) is 27.4 Å². The summed E-state index contributed by atoms with van der Waals surface area (Å²) in [4.78, 5) is 23.5. The van der Waals surface area contributed by atoms with Crippen LogP contribution < -0.4 is 10.6 Å². The first-order valence-electron chi connectivity index (χ1n) is 6.78. The number of H-pyrrole nitrogens is 1. The number of anilines is 2. The number of aryl methyl sites for hydroxylation is 1. The highest BCUT2D eigenvalue weighted by atomic mass is 16.1. The minimum absolute atomic E-state index is 0.198. The molecule has 2 rings (SSSR count). The van der Waals surface area contributed by atoms with Gasteiger partial charge in [0, 0.05) is 30.2 Å². The second kappa shape index (κ2) is 6.70. The molecule has 0 aliphatic carbocycles. The molecule has 2 heterocycles. The fraction of sp³-hybridized carbons (Fsp3) is 0.357. The first-order valence-corrected chi connectivity index (χ1v) is 6.78. The summed E-state index contributed by atoms with van der Waals surface area (Å²) in [5, 5.41) is 5.92. The lowest BCUT2D eigenvalue weighted by molar-refractivity contribution is 0.102. The average molecular weight is 273 g/mol. The highest BCUT2D eigenvalue weighted by molar-refractivity contribution is 6.03. The van der Waals surface area contributed by atoms with Crippen molar-refractivity contribution in [1.29, 1.82) is 0 Å². The molecule has 20 heavy (non-hydrogen) atoms. The number of nitrogens with zero attached hydrogens (tertiary/aromatic N) is 2. The van der Waals surface area contributed by atoms with Gasteiger partial charge in [0.2, 0.25) is 5.95 Å². The Kier molecular flexibility index (Phi) is 4.70. The maximum atomic E-state index is 12.2. The van der Waals surface area contributed by atoms with Crippen molar-refractivity contribution < 1.29 is 4.79 Å². The minimum Gasteiger partial charge on any atom is -0.370 e. The van der Waals surface area contributed by atoms with Crippen LogP contribution in [0.2, 0.25) is 0 Å². The van der Waals surface area contributed by atoms with E-state index < -0.39 is 0 Å². The Balaban J connectivity index is 2.18. The van der Waals surface area contributed by atoms with Gasteiger partial charge in [-0.1, -0.05) is 13.8 Å². The van der Waals surface area contributed by atoms with E-state index in [-0.39, 0.29) is 5.91 Å². The number of amides is 1. The zero-order valence-electron chi connectivity index (χ0n) is 11.7.